The number of hydrogen-bond donors (Lipinski definition) is 0. The fourth-order valence-electron chi connectivity index (χ4n) is 6.47. The summed E-state index contributed by atoms with van der Waals surface area (Å²) < 4.78 is 22.2. The molecule has 7 rings (SSSR count). The lowest BCUT2D eigenvalue weighted by molar-refractivity contribution is -0.178. The van der Waals surface area contributed by atoms with Gasteiger partial charge in [-0.05, 0) is 85.6 Å². The number of piperazine rings is 1. The molecular weight excluding hydrogens is 632 g/mol. The summed E-state index contributed by atoms with van der Waals surface area (Å²) in [6, 6.07) is 27.8. The van der Waals surface area contributed by atoms with Crippen molar-refractivity contribution >= 4 is 11.4 Å². The average molecular weight is 673 g/mol. The van der Waals surface area contributed by atoms with Gasteiger partial charge in [-0.25, -0.2) is 14.0 Å². The van der Waals surface area contributed by atoms with Gasteiger partial charge in [-0.1, -0.05) is 19.1 Å². The van der Waals surface area contributed by atoms with Crippen molar-refractivity contribution in [1.82, 2.24) is 24.5 Å². The Morgan fingerprint density at radius 3 is 2.32 bits per heavy atom. The van der Waals surface area contributed by atoms with Gasteiger partial charge in [0.2, 0.25) is 0 Å². The molecule has 2 saturated heterocycles. The average Bonchev–Trinajstić information content (AvgIpc) is 3.78. The van der Waals surface area contributed by atoms with E-state index in [0.717, 1.165) is 66.5 Å². The fraction of sp³-hybridized carbons (Fsp3) is 0.342. The van der Waals surface area contributed by atoms with Crippen molar-refractivity contribution < 1.29 is 14.2 Å². The summed E-state index contributed by atoms with van der Waals surface area (Å²) in [5.41, 5.74) is 5.21. The van der Waals surface area contributed by atoms with Crippen LogP contribution >= 0.6 is 0 Å². The molecule has 3 atom stereocenters. The normalized spacial score (nSPS) is 19.7. The SMILES string of the molecule is CCC(C)n1ncn(-c2ccc(N3CCN(c4ccc(OC[C@@H]5CO[C@](Cc6ccnnc6)(c6cccc(C#N)c6)O5)cc4)CC3)cc2)c1=O. The summed E-state index contributed by atoms with van der Waals surface area (Å²) in [4.78, 5) is 17.6. The molecule has 0 radical (unpaired) electrons. The van der Waals surface area contributed by atoms with Gasteiger partial charge in [0.1, 0.15) is 24.8 Å². The van der Waals surface area contributed by atoms with Gasteiger partial charge >= 0.3 is 5.69 Å². The Bertz CT molecular complexity index is 1980. The summed E-state index contributed by atoms with van der Waals surface area (Å²) in [5.74, 6) is -0.304. The van der Waals surface area contributed by atoms with Gasteiger partial charge < -0.3 is 24.0 Å². The Kier molecular flexibility index (Phi) is 9.60. The maximum absolute atomic E-state index is 12.8. The zero-order valence-electron chi connectivity index (χ0n) is 28.3. The van der Waals surface area contributed by atoms with E-state index in [1.54, 1.807) is 29.4 Å². The quantitative estimate of drug-likeness (QED) is 0.192. The topological polar surface area (TPSA) is 124 Å². The summed E-state index contributed by atoms with van der Waals surface area (Å²) in [6.45, 7) is 8.26. The molecule has 0 bridgehead atoms. The number of aromatic nitrogens is 5. The lowest BCUT2D eigenvalue weighted by atomic mass is 9.97. The van der Waals surface area contributed by atoms with Crippen LogP contribution in [-0.4, -0.2) is 70.0 Å². The minimum atomic E-state index is -1.06. The summed E-state index contributed by atoms with van der Waals surface area (Å²) in [5, 5.41) is 21.7. The molecule has 2 aliphatic rings. The van der Waals surface area contributed by atoms with Gasteiger partial charge in [0, 0.05) is 55.7 Å². The first-order chi connectivity index (χ1) is 24.4. The third kappa shape index (κ3) is 6.96. The Morgan fingerprint density at radius 1 is 0.960 bits per heavy atom. The summed E-state index contributed by atoms with van der Waals surface area (Å²) in [6.07, 6.45) is 5.91. The second kappa shape index (κ2) is 14.5. The molecule has 3 aromatic carbocycles. The second-order valence-electron chi connectivity index (χ2n) is 12.7. The van der Waals surface area contributed by atoms with Crippen LogP contribution in [0.15, 0.2) is 102 Å². The predicted octanol–water partition coefficient (Wildman–Crippen LogP) is 4.88. The third-order valence-electron chi connectivity index (χ3n) is 9.49. The molecule has 1 unspecified atom stereocenters. The number of anilines is 2. The van der Waals surface area contributed by atoms with Crippen molar-refractivity contribution in [2.75, 3.05) is 49.2 Å². The lowest BCUT2D eigenvalue weighted by Gasteiger charge is -2.37. The molecule has 12 nitrogen and oxygen atoms in total. The maximum atomic E-state index is 12.8. The molecule has 0 saturated carbocycles. The van der Waals surface area contributed by atoms with E-state index in [9.17, 15) is 10.1 Å². The number of benzene rings is 3. The zero-order chi connectivity index (χ0) is 34.5. The Balaban J connectivity index is 0.928. The van der Waals surface area contributed by atoms with Crippen molar-refractivity contribution in [2.24, 2.45) is 0 Å². The van der Waals surface area contributed by atoms with E-state index < -0.39 is 5.79 Å². The van der Waals surface area contributed by atoms with Crippen molar-refractivity contribution in [1.29, 1.82) is 5.26 Å². The van der Waals surface area contributed by atoms with Gasteiger partial charge in [0.15, 0.2) is 5.79 Å². The van der Waals surface area contributed by atoms with Crippen molar-refractivity contribution in [3.63, 3.8) is 0 Å². The molecular formula is C38H40N8O4. The monoisotopic (exact) mass is 672 g/mol. The molecule has 4 heterocycles. The molecule has 256 valence electrons. The molecule has 2 fully saturated rings. The predicted molar refractivity (Wildman–Crippen MR) is 189 cm³/mol. The van der Waals surface area contributed by atoms with Crippen LogP contribution in [0.25, 0.3) is 5.69 Å². The van der Waals surface area contributed by atoms with Crippen LogP contribution < -0.4 is 20.2 Å². The van der Waals surface area contributed by atoms with Crippen molar-refractivity contribution in [2.45, 2.75) is 44.6 Å². The largest absolute Gasteiger partial charge is 0.491 e. The Labute approximate surface area is 291 Å². The molecule has 12 heteroatoms. The first-order valence-electron chi connectivity index (χ1n) is 17.0. The Hall–Kier alpha value is -5.51. The minimum Gasteiger partial charge on any atom is -0.491 e. The van der Waals surface area contributed by atoms with Gasteiger partial charge in [0.25, 0.3) is 0 Å². The maximum Gasteiger partial charge on any atom is 0.350 e. The van der Waals surface area contributed by atoms with Crippen LogP contribution in [0.2, 0.25) is 0 Å². The number of rotatable bonds is 11. The van der Waals surface area contributed by atoms with Crippen LogP contribution in [0, 0.1) is 11.3 Å². The van der Waals surface area contributed by atoms with Crippen molar-refractivity contribution in [3.8, 4) is 17.5 Å². The van der Waals surface area contributed by atoms with E-state index in [1.165, 1.54) is 4.68 Å². The van der Waals surface area contributed by atoms with Crippen LogP contribution in [-0.2, 0) is 21.7 Å². The van der Waals surface area contributed by atoms with Crippen LogP contribution in [0.3, 0.4) is 0 Å². The molecule has 0 amide bonds. The fourth-order valence-corrected chi connectivity index (χ4v) is 6.47. The molecule has 0 aliphatic carbocycles. The zero-order valence-corrected chi connectivity index (χ0v) is 28.3. The smallest absolute Gasteiger partial charge is 0.350 e. The standard InChI is InChI=1S/C38H40N8O4/c1-3-28(2)46-37(47)45(27-42-46)34-9-7-32(8-10-34)43-17-19-44(20-18-43)33-11-13-35(14-12-33)48-25-36-26-49-38(50-36,22-30-15-16-40-41-24-30)31-6-4-5-29(21-31)23-39/h4-16,21,24,27-28,36H,3,17-20,22,25-26H2,1-2H3/t28?,36-,38+/m1/s1. The highest BCUT2D eigenvalue weighted by Crippen LogP contribution is 2.38. The lowest BCUT2D eigenvalue weighted by Crippen LogP contribution is -2.46. The van der Waals surface area contributed by atoms with E-state index in [0.29, 0.717) is 25.2 Å². The first-order valence-corrected chi connectivity index (χ1v) is 17.0. The highest BCUT2D eigenvalue weighted by atomic mass is 16.8. The number of hydrogen-bond acceptors (Lipinski definition) is 10. The highest BCUT2D eigenvalue weighted by molar-refractivity contribution is 5.54. The summed E-state index contributed by atoms with van der Waals surface area (Å²) >= 11 is 0. The Morgan fingerprint density at radius 2 is 1.66 bits per heavy atom. The second-order valence-corrected chi connectivity index (χ2v) is 12.7. The van der Waals surface area contributed by atoms with E-state index in [4.69, 9.17) is 14.2 Å². The first kappa shape index (κ1) is 33.0. The number of nitriles is 1. The molecule has 2 aliphatic heterocycles. The van der Waals surface area contributed by atoms with E-state index in [2.05, 4.69) is 55.4 Å². The van der Waals surface area contributed by atoms with Crippen LogP contribution in [0.4, 0.5) is 11.4 Å². The number of nitrogens with zero attached hydrogens (tertiary/aromatic N) is 8. The highest BCUT2D eigenvalue weighted by Gasteiger charge is 2.44. The van der Waals surface area contributed by atoms with Gasteiger partial charge in [-0.3, -0.25) is 0 Å². The molecule has 2 aromatic heterocycles. The molecule has 5 aromatic rings. The molecule has 0 N–H and O–H groups in total. The van der Waals surface area contributed by atoms with Crippen LogP contribution in [0.5, 0.6) is 5.75 Å². The van der Waals surface area contributed by atoms with Crippen LogP contribution in [0.1, 0.15) is 43.0 Å². The van der Waals surface area contributed by atoms with Crippen molar-refractivity contribution in [3.05, 3.63) is 125 Å². The minimum absolute atomic E-state index is 0.0640. The van der Waals surface area contributed by atoms with E-state index >= 15 is 0 Å². The van der Waals surface area contributed by atoms with Gasteiger partial charge in [-0.15, -0.1) is 0 Å². The van der Waals surface area contributed by atoms with E-state index in [-0.39, 0.29) is 17.8 Å². The van der Waals surface area contributed by atoms with Gasteiger partial charge in [0.05, 0.1) is 36.2 Å². The number of ether oxygens (including phenoxy) is 3. The molecule has 0 spiro atoms. The van der Waals surface area contributed by atoms with E-state index in [1.807, 2.05) is 62.4 Å². The molecule has 50 heavy (non-hydrogen) atoms. The summed E-state index contributed by atoms with van der Waals surface area (Å²) in [7, 11) is 0. The van der Waals surface area contributed by atoms with Gasteiger partial charge in [-0.2, -0.15) is 20.6 Å². The third-order valence-corrected chi connectivity index (χ3v) is 9.49.